The molecule has 0 amide bonds. The van der Waals surface area contributed by atoms with E-state index in [1.807, 2.05) is 0 Å². The Bertz CT molecular complexity index is 321. The van der Waals surface area contributed by atoms with E-state index in [0.29, 0.717) is 13.0 Å². The first-order chi connectivity index (χ1) is 6.37. The molecule has 0 aliphatic carbocycles. The van der Waals surface area contributed by atoms with Crippen LogP contribution in [-0.2, 0) is 14.8 Å². The quantitative estimate of drug-likeness (QED) is 0.704. The predicted molar refractivity (Wildman–Crippen MR) is 54.5 cm³/mol. The lowest BCUT2D eigenvalue weighted by molar-refractivity contribution is -0.119. The number of hydrogen-bond donors (Lipinski definition) is 0. The number of Topliss-reactive ketones (excluding diaryl/α,β-unsaturated/α-hetero) is 1. The van der Waals surface area contributed by atoms with E-state index in [0.717, 1.165) is 6.42 Å². The van der Waals surface area contributed by atoms with E-state index in [9.17, 15) is 13.2 Å². The minimum absolute atomic E-state index is 0.0493. The summed E-state index contributed by atoms with van der Waals surface area (Å²) < 4.78 is 25.0. The van der Waals surface area contributed by atoms with Crippen LogP contribution < -0.4 is 0 Å². The van der Waals surface area contributed by atoms with Gasteiger partial charge in [0.15, 0.2) is 0 Å². The summed E-state index contributed by atoms with van der Waals surface area (Å²) in [5.74, 6) is -0.0493. The molecule has 1 heterocycles. The van der Waals surface area contributed by atoms with Gasteiger partial charge in [0.05, 0.1) is 11.3 Å². The Hall–Kier alpha value is -0.420. The van der Waals surface area contributed by atoms with Crippen molar-refractivity contribution in [2.45, 2.75) is 44.9 Å². The molecule has 82 valence electrons. The number of sulfonamides is 1. The lowest BCUT2D eigenvalue weighted by atomic mass is 10.2. The molecular formula is C9H17NO3S. The first-order valence-electron chi connectivity index (χ1n) is 4.88. The van der Waals surface area contributed by atoms with Gasteiger partial charge in [-0.05, 0) is 33.6 Å². The number of rotatable bonds is 3. The zero-order valence-electron chi connectivity index (χ0n) is 8.86. The van der Waals surface area contributed by atoms with E-state index in [-0.39, 0.29) is 5.78 Å². The maximum absolute atomic E-state index is 11.8. The van der Waals surface area contributed by atoms with Crippen molar-refractivity contribution in [2.75, 3.05) is 6.54 Å². The van der Waals surface area contributed by atoms with Crippen molar-refractivity contribution in [3.8, 4) is 0 Å². The molecule has 1 aliphatic rings. The van der Waals surface area contributed by atoms with Crippen LogP contribution >= 0.6 is 0 Å². The standard InChI is InChI=1S/C9H17NO3S/c1-7(2)14(12,13)10-6-4-5-9(10)8(3)11/h7,9H,4-6H2,1-3H3/t9-/m0/s1. The SMILES string of the molecule is CC(=O)[C@@H]1CCCN1S(=O)(=O)C(C)C. The molecule has 0 spiro atoms. The molecule has 4 nitrogen and oxygen atoms in total. The normalized spacial score (nSPS) is 24.4. The van der Waals surface area contributed by atoms with Gasteiger partial charge >= 0.3 is 0 Å². The zero-order valence-corrected chi connectivity index (χ0v) is 9.67. The Morgan fingerprint density at radius 2 is 2.00 bits per heavy atom. The van der Waals surface area contributed by atoms with Crippen molar-refractivity contribution in [1.82, 2.24) is 4.31 Å². The van der Waals surface area contributed by atoms with Crippen LogP contribution in [0.3, 0.4) is 0 Å². The van der Waals surface area contributed by atoms with Gasteiger partial charge in [-0.3, -0.25) is 4.79 Å². The van der Waals surface area contributed by atoms with Crippen LogP contribution in [0.25, 0.3) is 0 Å². The summed E-state index contributed by atoms with van der Waals surface area (Å²) in [6.45, 7) is 5.24. The van der Waals surface area contributed by atoms with Crippen LogP contribution in [-0.4, -0.2) is 36.3 Å². The van der Waals surface area contributed by atoms with Gasteiger partial charge in [0.1, 0.15) is 5.78 Å². The van der Waals surface area contributed by atoms with Crippen molar-refractivity contribution >= 4 is 15.8 Å². The van der Waals surface area contributed by atoms with Gasteiger partial charge in [0.2, 0.25) is 10.0 Å². The second kappa shape index (κ2) is 3.98. The average molecular weight is 219 g/mol. The lowest BCUT2D eigenvalue weighted by Crippen LogP contribution is -2.42. The topological polar surface area (TPSA) is 54.5 Å². The Morgan fingerprint density at radius 1 is 1.43 bits per heavy atom. The molecule has 5 heteroatoms. The number of carbonyl (C=O) groups is 1. The van der Waals surface area contributed by atoms with Gasteiger partial charge in [-0.1, -0.05) is 0 Å². The molecule has 0 N–H and O–H groups in total. The molecule has 0 bridgehead atoms. The third kappa shape index (κ3) is 1.98. The summed E-state index contributed by atoms with van der Waals surface area (Å²) >= 11 is 0. The second-order valence-electron chi connectivity index (χ2n) is 3.97. The van der Waals surface area contributed by atoms with Crippen LogP contribution in [0.1, 0.15) is 33.6 Å². The molecule has 1 atom stereocenters. The number of hydrogen-bond acceptors (Lipinski definition) is 3. The Labute approximate surface area is 85.3 Å². The second-order valence-corrected chi connectivity index (χ2v) is 6.41. The summed E-state index contributed by atoms with van der Waals surface area (Å²) in [4.78, 5) is 11.2. The Kier molecular flexibility index (Phi) is 3.32. The van der Waals surface area contributed by atoms with Gasteiger partial charge in [-0.15, -0.1) is 0 Å². The van der Waals surface area contributed by atoms with Gasteiger partial charge in [0, 0.05) is 6.54 Å². The smallest absolute Gasteiger partial charge is 0.217 e. The van der Waals surface area contributed by atoms with Crippen LogP contribution in [0.2, 0.25) is 0 Å². The van der Waals surface area contributed by atoms with E-state index >= 15 is 0 Å². The highest BCUT2D eigenvalue weighted by Crippen LogP contribution is 2.23. The van der Waals surface area contributed by atoms with Crippen molar-refractivity contribution in [1.29, 1.82) is 0 Å². The number of nitrogens with zero attached hydrogens (tertiary/aromatic N) is 1. The summed E-state index contributed by atoms with van der Waals surface area (Å²) in [6, 6.07) is -0.414. The van der Waals surface area contributed by atoms with Crippen LogP contribution in [0.4, 0.5) is 0 Å². The van der Waals surface area contributed by atoms with Gasteiger partial charge < -0.3 is 0 Å². The first kappa shape index (κ1) is 11.7. The third-order valence-corrected chi connectivity index (χ3v) is 4.88. The molecule has 14 heavy (non-hydrogen) atoms. The van der Waals surface area contributed by atoms with Crippen LogP contribution in [0, 0.1) is 0 Å². The summed E-state index contributed by atoms with van der Waals surface area (Å²) in [5.41, 5.74) is 0. The molecular weight excluding hydrogens is 202 g/mol. The molecule has 1 aliphatic heterocycles. The molecule has 0 aromatic heterocycles. The van der Waals surface area contributed by atoms with Crippen molar-refractivity contribution in [2.24, 2.45) is 0 Å². The lowest BCUT2D eigenvalue weighted by Gasteiger charge is -2.23. The Balaban J connectivity index is 2.93. The summed E-state index contributed by atoms with van der Waals surface area (Å²) in [5, 5.41) is -0.442. The maximum atomic E-state index is 11.8. The van der Waals surface area contributed by atoms with Crippen molar-refractivity contribution in [3.63, 3.8) is 0 Å². The molecule has 1 saturated heterocycles. The highest BCUT2D eigenvalue weighted by atomic mass is 32.2. The Morgan fingerprint density at radius 3 is 2.43 bits per heavy atom. The minimum atomic E-state index is -3.26. The molecule has 0 aromatic rings. The van der Waals surface area contributed by atoms with E-state index in [1.165, 1.54) is 11.2 Å². The molecule has 1 rings (SSSR count). The van der Waals surface area contributed by atoms with E-state index in [1.54, 1.807) is 13.8 Å². The minimum Gasteiger partial charge on any atom is -0.298 e. The first-order valence-corrected chi connectivity index (χ1v) is 6.39. The van der Waals surface area contributed by atoms with Crippen molar-refractivity contribution < 1.29 is 13.2 Å². The van der Waals surface area contributed by atoms with E-state index in [2.05, 4.69) is 0 Å². The highest BCUT2D eigenvalue weighted by molar-refractivity contribution is 7.89. The van der Waals surface area contributed by atoms with E-state index < -0.39 is 21.3 Å². The summed E-state index contributed by atoms with van der Waals surface area (Å²) in [7, 11) is -3.26. The van der Waals surface area contributed by atoms with Gasteiger partial charge in [0.25, 0.3) is 0 Å². The largest absolute Gasteiger partial charge is 0.298 e. The maximum Gasteiger partial charge on any atom is 0.217 e. The zero-order chi connectivity index (χ0) is 10.9. The van der Waals surface area contributed by atoms with Crippen LogP contribution in [0.5, 0.6) is 0 Å². The molecule has 0 aromatic carbocycles. The fourth-order valence-electron chi connectivity index (χ4n) is 1.72. The molecule has 0 saturated carbocycles. The highest BCUT2D eigenvalue weighted by Gasteiger charge is 2.37. The molecule has 1 fully saturated rings. The fourth-order valence-corrected chi connectivity index (χ4v) is 3.26. The summed E-state index contributed by atoms with van der Waals surface area (Å²) in [6.07, 6.45) is 1.46. The fraction of sp³-hybridized carbons (Fsp3) is 0.889. The molecule has 0 unspecified atom stereocenters. The number of ketones is 1. The molecule has 0 radical (unpaired) electrons. The predicted octanol–water partition coefficient (Wildman–Crippen LogP) is 0.778. The van der Waals surface area contributed by atoms with E-state index in [4.69, 9.17) is 0 Å². The van der Waals surface area contributed by atoms with Gasteiger partial charge in [-0.2, -0.15) is 4.31 Å². The monoisotopic (exact) mass is 219 g/mol. The van der Waals surface area contributed by atoms with Gasteiger partial charge in [-0.25, -0.2) is 8.42 Å². The van der Waals surface area contributed by atoms with Crippen LogP contribution in [0.15, 0.2) is 0 Å². The van der Waals surface area contributed by atoms with Crippen molar-refractivity contribution in [3.05, 3.63) is 0 Å². The average Bonchev–Trinajstić information content (AvgIpc) is 2.51. The third-order valence-electron chi connectivity index (χ3n) is 2.60. The number of carbonyl (C=O) groups excluding carboxylic acids is 1.